The van der Waals surface area contributed by atoms with Gasteiger partial charge in [-0.05, 0) is 12.1 Å². The molecule has 0 spiro atoms. The molecule has 0 atom stereocenters. The Bertz CT molecular complexity index is 691. The van der Waals surface area contributed by atoms with Gasteiger partial charge in [0, 0.05) is 46.6 Å². The van der Waals surface area contributed by atoms with Crippen LogP contribution < -0.4 is 10.6 Å². The molecule has 23 heavy (non-hydrogen) atoms. The Balaban J connectivity index is 2.19. The second-order valence-electron chi connectivity index (χ2n) is 6.75. The van der Waals surface area contributed by atoms with Gasteiger partial charge in [-0.3, -0.25) is 4.79 Å². The van der Waals surface area contributed by atoms with Gasteiger partial charge in [0.2, 0.25) is 0 Å². The van der Waals surface area contributed by atoms with Crippen LogP contribution in [0.25, 0.3) is 11.0 Å². The van der Waals surface area contributed by atoms with Crippen LogP contribution >= 0.6 is 0 Å². The van der Waals surface area contributed by atoms with Crippen LogP contribution in [0.1, 0.15) is 10.4 Å². The van der Waals surface area contributed by atoms with Crippen molar-refractivity contribution in [3.05, 3.63) is 24.0 Å². The number of nitrogens with one attached hydrogen (secondary N) is 2. The molecule has 6 nitrogen and oxygen atoms in total. The SMILES string of the molecule is CNC(=O)c1cnc2c(ccn2COCC[Si](C)(C)C)c1NC. The van der Waals surface area contributed by atoms with Crippen molar-refractivity contribution in [2.45, 2.75) is 32.4 Å². The molecule has 0 aliphatic rings. The summed E-state index contributed by atoms with van der Waals surface area (Å²) in [5, 5.41) is 6.66. The highest BCUT2D eigenvalue weighted by molar-refractivity contribution is 6.76. The van der Waals surface area contributed by atoms with Crippen LogP contribution in [0, 0.1) is 0 Å². The topological polar surface area (TPSA) is 68.2 Å². The van der Waals surface area contributed by atoms with Crippen LogP contribution in [0.3, 0.4) is 0 Å². The summed E-state index contributed by atoms with van der Waals surface area (Å²) in [6, 6.07) is 3.10. The van der Waals surface area contributed by atoms with Crippen LogP contribution in [-0.2, 0) is 11.5 Å². The van der Waals surface area contributed by atoms with Gasteiger partial charge < -0.3 is 19.9 Å². The van der Waals surface area contributed by atoms with Crippen LogP contribution in [0.4, 0.5) is 5.69 Å². The summed E-state index contributed by atoms with van der Waals surface area (Å²) in [4.78, 5) is 16.4. The van der Waals surface area contributed by atoms with Crippen molar-refractivity contribution in [1.29, 1.82) is 0 Å². The first-order chi connectivity index (χ1) is 10.9. The number of hydrogen-bond acceptors (Lipinski definition) is 4. The predicted molar refractivity (Wildman–Crippen MR) is 96.8 cm³/mol. The van der Waals surface area contributed by atoms with E-state index in [1.165, 1.54) is 0 Å². The fourth-order valence-corrected chi connectivity index (χ4v) is 3.12. The first-order valence-corrected chi connectivity index (χ1v) is 11.5. The summed E-state index contributed by atoms with van der Waals surface area (Å²) in [6.07, 6.45) is 3.55. The molecule has 2 N–H and O–H groups in total. The third-order valence-corrected chi connectivity index (χ3v) is 5.44. The molecule has 0 fully saturated rings. The minimum atomic E-state index is -1.08. The molecular formula is C16H26N4O2Si. The van der Waals surface area contributed by atoms with Crippen molar-refractivity contribution in [2.24, 2.45) is 0 Å². The molecule has 1 amide bonds. The number of carbonyl (C=O) groups excluding carboxylic acids is 1. The van der Waals surface area contributed by atoms with Gasteiger partial charge in [0.1, 0.15) is 12.4 Å². The highest BCUT2D eigenvalue weighted by Crippen LogP contribution is 2.26. The largest absolute Gasteiger partial charge is 0.387 e. The second kappa shape index (κ2) is 7.14. The molecular weight excluding hydrogens is 308 g/mol. The minimum Gasteiger partial charge on any atom is -0.387 e. The fourth-order valence-electron chi connectivity index (χ4n) is 2.36. The lowest BCUT2D eigenvalue weighted by Gasteiger charge is -2.16. The normalized spacial score (nSPS) is 11.7. The number of carbonyl (C=O) groups is 1. The molecule has 2 aromatic rings. The number of fused-ring (bicyclic) bond motifs is 1. The summed E-state index contributed by atoms with van der Waals surface area (Å²) in [5.41, 5.74) is 2.14. The first kappa shape index (κ1) is 17.5. The Morgan fingerprint density at radius 2 is 2.09 bits per heavy atom. The van der Waals surface area contributed by atoms with E-state index in [4.69, 9.17) is 4.74 Å². The summed E-state index contributed by atoms with van der Waals surface area (Å²) in [6.45, 7) is 8.25. The zero-order chi connectivity index (χ0) is 17.0. The van der Waals surface area contributed by atoms with Gasteiger partial charge >= 0.3 is 0 Å². The maximum absolute atomic E-state index is 11.9. The van der Waals surface area contributed by atoms with E-state index >= 15 is 0 Å². The lowest BCUT2D eigenvalue weighted by Crippen LogP contribution is -2.22. The van der Waals surface area contributed by atoms with Gasteiger partial charge in [-0.15, -0.1) is 0 Å². The number of aromatic nitrogens is 2. The van der Waals surface area contributed by atoms with Crippen molar-refractivity contribution in [3.8, 4) is 0 Å². The average molecular weight is 334 g/mol. The zero-order valence-corrected chi connectivity index (χ0v) is 15.6. The highest BCUT2D eigenvalue weighted by Gasteiger charge is 2.16. The standard InChI is InChI=1S/C16H26N4O2Si/c1-17-14-12-6-7-20(11-22-8-9-23(3,4)5)15(12)19-10-13(14)16(21)18-2/h6-7,10H,8-9,11H2,1-5H3,(H,17,19)(H,18,21). The van der Waals surface area contributed by atoms with E-state index in [-0.39, 0.29) is 5.91 Å². The van der Waals surface area contributed by atoms with E-state index in [0.717, 1.165) is 29.4 Å². The first-order valence-electron chi connectivity index (χ1n) is 7.83. The maximum Gasteiger partial charge on any atom is 0.254 e. The fraction of sp³-hybridized carbons (Fsp3) is 0.500. The molecule has 0 saturated heterocycles. The Labute approximate surface area is 138 Å². The van der Waals surface area contributed by atoms with Crippen molar-refractivity contribution < 1.29 is 9.53 Å². The highest BCUT2D eigenvalue weighted by atomic mass is 28.3. The van der Waals surface area contributed by atoms with E-state index in [0.29, 0.717) is 12.3 Å². The molecule has 0 radical (unpaired) electrons. The van der Waals surface area contributed by atoms with Crippen molar-refractivity contribution >= 4 is 30.7 Å². The van der Waals surface area contributed by atoms with Gasteiger partial charge in [0.15, 0.2) is 0 Å². The van der Waals surface area contributed by atoms with Crippen molar-refractivity contribution in [1.82, 2.24) is 14.9 Å². The number of rotatable bonds is 7. The molecule has 0 unspecified atom stereocenters. The molecule has 7 heteroatoms. The monoisotopic (exact) mass is 334 g/mol. The van der Waals surface area contributed by atoms with Gasteiger partial charge in [-0.25, -0.2) is 4.98 Å². The minimum absolute atomic E-state index is 0.150. The number of ether oxygens (including phenoxy) is 1. The molecule has 0 aliphatic carbocycles. The average Bonchev–Trinajstić information content (AvgIpc) is 2.92. The smallest absolute Gasteiger partial charge is 0.254 e. The lowest BCUT2D eigenvalue weighted by atomic mass is 10.1. The Kier molecular flexibility index (Phi) is 5.43. The van der Waals surface area contributed by atoms with Gasteiger partial charge in [-0.2, -0.15) is 0 Å². The van der Waals surface area contributed by atoms with Gasteiger partial charge in [0.25, 0.3) is 5.91 Å². The van der Waals surface area contributed by atoms with Gasteiger partial charge in [0.05, 0.1) is 11.3 Å². The summed E-state index contributed by atoms with van der Waals surface area (Å²) in [7, 11) is 2.35. The predicted octanol–water partition coefficient (Wildman–Crippen LogP) is 2.75. The van der Waals surface area contributed by atoms with E-state index < -0.39 is 8.07 Å². The lowest BCUT2D eigenvalue weighted by molar-refractivity contribution is 0.0899. The Hall–Kier alpha value is -1.86. The quantitative estimate of drug-likeness (QED) is 0.603. The zero-order valence-electron chi connectivity index (χ0n) is 14.6. The number of pyridine rings is 1. The molecule has 2 aromatic heterocycles. The molecule has 0 saturated carbocycles. The van der Waals surface area contributed by atoms with E-state index in [1.807, 2.05) is 23.9 Å². The third-order valence-electron chi connectivity index (χ3n) is 3.74. The molecule has 0 bridgehead atoms. The molecule has 0 aromatic carbocycles. The van der Waals surface area contributed by atoms with E-state index in [2.05, 4.69) is 35.3 Å². The molecule has 0 aliphatic heterocycles. The van der Waals surface area contributed by atoms with Crippen LogP contribution in [0.2, 0.25) is 25.7 Å². The summed E-state index contributed by atoms with van der Waals surface area (Å²) in [5.74, 6) is -0.150. The summed E-state index contributed by atoms with van der Waals surface area (Å²) >= 11 is 0. The number of nitrogens with zero attached hydrogens (tertiary/aromatic N) is 2. The second-order valence-corrected chi connectivity index (χ2v) is 12.4. The van der Waals surface area contributed by atoms with Crippen LogP contribution in [0.15, 0.2) is 18.5 Å². The van der Waals surface area contributed by atoms with Gasteiger partial charge in [-0.1, -0.05) is 19.6 Å². The van der Waals surface area contributed by atoms with Crippen LogP contribution in [-0.4, -0.2) is 44.2 Å². The number of anilines is 1. The Morgan fingerprint density at radius 1 is 1.35 bits per heavy atom. The molecule has 2 heterocycles. The van der Waals surface area contributed by atoms with E-state index in [1.54, 1.807) is 13.2 Å². The molecule has 126 valence electrons. The van der Waals surface area contributed by atoms with Crippen molar-refractivity contribution in [3.63, 3.8) is 0 Å². The van der Waals surface area contributed by atoms with E-state index in [9.17, 15) is 4.79 Å². The molecule has 2 rings (SSSR count). The van der Waals surface area contributed by atoms with Crippen molar-refractivity contribution in [2.75, 3.05) is 26.0 Å². The maximum atomic E-state index is 11.9. The van der Waals surface area contributed by atoms with Crippen LogP contribution in [0.5, 0.6) is 0 Å². The Morgan fingerprint density at radius 3 is 2.70 bits per heavy atom. The number of hydrogen-bond donors (Lipinski definition) is 2. The third kappa shape index (κ3) is 4.11. The summed E-state index contributed by atoms with van der Waals surface area (Å²) < 4.78 is 7.76. The number of amides is 1.